The number of carbonyl (C=O) groups excluding carboxylic acids is 2. The molecule has 126 valence electrons. The maximum atomic E-state index is 11.9. The Balaban J connectivity index is 1.67. The molecule has 0 spiro atoms. The number of nitrogens with one attached hydrogen (secondary N) is 3. The van der Waals surface area contributed by atoms with Crippen molar-refractivity contribution in [1.29, 1.82) is 0 Å². The summed E-state index contributed by atoms with van der Waals surface area (Å²) in [5.74, 6) is -0.144. The van der Waals surface area contributed by atoms with E-state index in [1.54, 1.807) is 24.3 Å². The van der Waals surface area contributed by atoms with Crippen LogP contribution in [0.5, 0.6) is 0 Å². The van der Waals surface area contributed by atoms with Gasteiger partial charge in [-0.2, -0.15) is 0 Å². The van der Waals surface area contributed by atoms with E-state index in [0.29, 0.717) is 17.9 Å². The molecular weight excluding hydrogens is 296 g/mol. The first kappa shape index (κ1) is 17.2. The smallest absolute Gasteiger partial charge is 0.319 e. The molecule has 3 amide bonds. The van der Waals surface area contributed by atoms with Crippen molar-refractivity contribution in [3.63, 3.8) is 0 Å². The van der Waals surface area contributed by atoms with Gasteiger partial charge in [0, 0.05) is 37.9 Å². The largest absolute Gasteiger partial charge is 0.379 e. The van der Waals surface area contributed by atoms with Gasteiger partial charge in [0.2, 0.25) is 5.91 Å². The number of nitrogens with zero attached hydrogens (tertiary/aromatic N) is 1. The molecule has 3 N–H and O–H groups in total. The first-order valence-corrected chi connectivity index (χ1v) is 7.86. The van der Waals surface area contributed by atoms with Crippen LogP contribution in [0.25, 0.3) is 0 Å². The molecule has 1 aliphatic rings. The van der Waals surface area contributed by atoms with E-state index in [4.69, 9.17) is 4.74 Å². The third kappa shape index (κ3) is 6.66. The van der Waals surface area contributed by atoms with Gasteiger partial charge in [-0.15, -0.1) is 0 Å². The molecule has 1 saturated heterocycles. The predicted octanol–water partition coefficient (Wildman–Crippen LogP) is 1.49. The maximum Gasteiger partial charge on any atom is 0.319 e. The molecule has 1 fully saturated rings. The number of carbonyl (C=O) groups is 2. The van der Waals surface area contributed by atoms with Crippen LogP contribution in [0.15, 0.2) is 24.3 Å². The number of ether oxygens (including phenoxy) is 1. The van der Waals surface area contributed by atoms with Gasteiger partial charge in [-0.3, -0.25) is 9.69 Å². The van der Waals surface area contributed by atoms with Crippen LogP contribution in [0.3, 0.4) is 0 Å². The Morgan fingerprint density at radius 3 is 2.57 bits per heavy atom. The van der Waals surface area contributed by atoms with Crippen molar-refractivity contribution in [2.24, 2.45) is 0 Å². The number of anilines is 2. The molecule has 1 aromatic carbocycles. The van der Waals surface area contributed by atoms with Crippen molar-refractivity contribution in [3.05, 3.63) is 24.3 Å². The summed E-state index contributed by atoms with van der Waals surface area (Å²) in [4.78, 5) is 25.2. The van der Waals surface area contributed by atoms with Gasteiger partial charge in [-0.05, 0) is 31.2 Å². The van der Waals surface area contributed by atoms with Crippen LogP contribution in [-0.2, 0) is 9.53 Å². The molecule has 0 aromatic heterocycles. The quantitative estimate of drug-likeness (QED) is 0.694. The fourth-order valence-electron chi connectivity index (χ4n) is 2.38. The van der Waals surface area contributed by atoms with E-state index >= 15 is 0 Å². The van der Waals surface area contributed by atoms with E-state index in [9.17, 15) is 9.59 Å². The molecular formula is C16H24N4O3. The Kier molecular flexibility index (Phi) is 6.83. The molecule has 0 atom stereocenters. The van der Waals surface area contributed by atoms with Gasteiger partial charge in [0.25, 0.3) is 0 Å². The highest BCUT2D eigenvalue weighted by Crippen LogP contribution is 2.14. The van der Waals surface area contributed by atoms with Crippen LogP contribution < -0.4 is 16.0 Å². The molecule has 23 heavy (non-hydrogen) atoms. The zero-order valence-corrected chi connectivity index (χ0v) is 13.4. The van der Waals surface area contributed by atoms with E-state index in [0.717, 1.165) is 39.3 Å². The fourth-order valence-corrected chi connectivity index (χ4v) is 2.38. The topological polar surface area (TPSA) is 82.7 Å². The Bertz CT molecular complexity index is 530. The molecule has 1 aromatic rings. The van der Waals surface area contributed by atoms with Gasteiger partial charge >= 0.3 is 6.03 Å². The summed E-state index contributed by atoms with van der Waals surface area (Å²) in [6.45, 7) is 6.53. The zero-order chi connectivity index (χ0) is 16.5. The van der Waals surface area contributed by atoms with E-state index in [1.807, 2.05) is 0 Å². The number of hydrogen-bond donors (Lipinski definition) is 3. The summed E-state index contributed by atoms with van der Waals surface area (Å²) >= 11 is 0. The fraction of sp³-hybridized carbons (Fsp3) is 0.500. The number of benzene rings is 1. The average Bonchev–Trinajstić information content (AvgIpc) is 2.52. The highest BCUT2D eigenvalue weighted by molar-refractivity contribution is 5.92. The average molecular weight is 320 g/mol. The van der Waals surface area contributed by atoms with Crippen molar-refractivity contribution in [2.45, 2.75) is 13.3 Å². The number of amides is 3. The first-order chi connectivity index (χ1) is 11.1. The highest BCUT2D eigenvalue weighted by Gasteiger charge is 2.09. The molecule has 7 heteroatoms. The van der Waals surface area contributed by atoms with Gasteiger partial charge in [-0.1, -0.05) is 6.07 Å². The number of morpholine rings is 1. The van der Waals surface area contributed by atoms with Crippen LogP contribution in [0.2, 0.25) is 0 Å². The van der Waals surface area contributed by atoms with E-state index < -0.39 is 0 Å². The second-order valence-electron chi connectivity index (χ2n) is 5.45. The standard InChI is InChI=1S/C16H24N4O3/c1-13(21)18-14-4-2-5-15(12-14)19-16(22)17-6-3-7-20-8-10-23-11-9-20/h2,4-5,12H,3,6-11H2,1H3,(H,18,21)(H2,17,19,22). The summed E-state index contributed by atoms with van der Waals surface area (Å²) in [6.07, 6.45) is 0.902. The molecule has 0 unspecified atom stereocenters. The molecule has 2 rings (SSSR count). The summed E-state index contributed by atoms with van der Waals surface area (Å²) < 4.78 is 5.30. The second-order valence-corrected chi connectivity index (χ2v) is 5.45. The van der Waals surface area contributed by atoms with Crippen LogP contribution in [0.1, 0.15) is 13.3 Å². The van der Waals surface area contributed by atoms with Crippen LogP contribution in [0, 0.1) is 0 Å². The van der Waals surface area contributed by atoms with Gasteiger partial charge in [0.15, 0.2) is 0 Å². The van der Waals surface area contributed by atoms with Crippen molar-refractivity contribution < 1.29 is 14.3 Å². The molecule has 0 bridgehead atoms. The number of hydrogen-bond acceptors (Lipinski definition) is 4. The molecule has 0 aliphatic carbocycles. The summed E-state index contributed by atoms with van der Waals surface area (Å²) in [5, 5.41) is 8.28. The van der Waals surface area contributed by atoms with Crippen molar-refractivity contribution in [3.8, 4) is 0 Å². The Morgan fingerprint density at radius 2 is 1.87 bits per heavy atom. The van der Waals surface area contributed by atoms with Gasteiger partial charge in [0.1, 0.15) is 0 Å². The SMILES string of the molecule is CC(=O)Nc1cccc(NC(=O)NCCCN2CCOCC2)c1. The lowest BCUT2D eigenvalue weighted by Crippen LogP contribution is -2.38. The number of rotatable bonds is 6. The maximum absolute atomic E-state index is 11.9. The lowest BCUT2D eigenvalue weighted by Gasteiger charge is -2.26. The van der Waals surface area contributed by atoms with Crippen molar-refractivity contribution >= 4 is 23.3 Å². The van der Waals surface area contributed by atoms with Gasteiger partial charge < -0.3 is 20.7 Å². The minimum Gasteiger partial charge on any atom is -0.379 e. The molecule has 1 aliphatic heterocycles. The van der Waals surface area contributed by atoms with Crippen molar-refractivity contribution in [1.82, 2.24) is 10.2 Å². The van der Waals surface area contributed by atoms with Crippen LogP contribution >= 0.6 is 0 Å². The molecule has 7 nitrogen and oxygen atoms in total. The lowest BCUT2D eigenvalue weighted by atomic mass is 10.2. The first-order valence-electron chi connectivity index (χ1n) is 7.86. The predicted molar refractivity (Wildman–Crippen MR) is 89.6 cm³/mol. The molecule has 1 heterocycles. The Labute approximate surface area is 136 Å². The van der Waals surface area contributed by atoms with Crippen molar-refractivity contribution in [2.75, 3.05) is 50.0 Å². The minimum atomic E-state index is -0.244. The van der Waals surface area contributed by atoms with E-state index in [2.05, 4.69) is 20.9 Å². The Morgan fingerprint density at radius 1 is 1.17 bits per heavy atom. The lowest BCUT2D eigenvalue weighted by molar-refractivity contribution is -0.114. The number of urea groups is 1. The van der Waals surface area contributed by atoms with E-state index in [-0.39, 0.29) is 11.9 Å². The van der Waals surface area contributed by atoms with Gasteiger partial charge in [0.05, 0.1) is 13.2 Å². The van der Waals surface area contributed by atoms with Crippen LogP contribution in [-0.4, -0.2) is 56.2 Å². The van der Waals surface area contributed by atoms with Crippen LogP contribution in [0.4, 0.5) is 16.2 Å². The summed E-state index contributed by atoms with van der Waals surface area (Å²) in [7, 11) is 0. The zero-order valence-electron chi connectivity index (χ0n) is 13.4. The van der Waals surface area contributed by atoms with Gasteiger partial charge in [-0.25, -0.2) is 4.79 Å². The molecule has 0 saturated carbocycles. The third-order valence-corrected chi connectivity index (χ3v) is 3.48. The highest BCUT2D eigenvalue weighted by atomic mass is 16.5. The Hall–Kier alpha value is -2.12. The minimum absolute atomic E-state index is 0.144. The summed E-state index contributed by atoms with van der Waals surface area (Å²) in [5.41, 5.74) is 1.30. The second kappa shape index (κ2) is 9.12. The monoisotopic (exact) mass is 320 g/mol. The normalized spacial score (nSPS) is 15.0. The summed E-state index contributed by atoms with van der Waals surface area (Å²) in [6, 6.07) is 6.80. The molecule has 0 radical (unpaired) electrons. The third-order valence-electron chi connectivity index (χ3n) is 3.48. The van der Waals surface area contributed by atoms with E-state index in [1.165, 1.54) is 6.92 Å².